The highest BCUT2D eigenvalue weighted by Gasteiger charge is 2.45. The highest BCUT2D eigenvalue weighted by atomic mass is 16.2. The zero-order valence-electron chi connectivity index (χ0n) is 12.3. The molecule has 2 rings (SSSR count). The second-order valence-corrected chi connectivity index (χ2v) is 6.41. The lowest BCUT2D eigenvalue weighted by Gasteiger charge is -2.33. The minimum atomic E-state index is 0.0364. The van der Waals surface area contributed by atoms with Crippen LogP contribution in [0.3, 0.4) is 0 Å². The third-order valence-corrected chi connectivity index (χ3v) is 4.63. The van der Waals surface area contributed by atoms with Crippen molar-refractivity contribution < 1.29 is 4.79 Å². The summed E-state index contributed by atoms with van der Waals surface area (Å²) in [6.45, 7) is 8.78. The van der Waals surface area contributed by atoms with E-state index in [4.69, 9.17) is 0 Å². The largest absolute Gasteiger partial charge is 0.323 e. The van der Waals surface area contributed by atoms with Gasteiger partial charge in [0.05, 0.1) is 12.2 Å². The Morgan fingerprint density at radius 3 is 2.61 bits per heavy atom. The van der Waals surface area contributed by atoms with Crippen molar-refractivity contribution >= 4 is 5.91 Å². The predicted molar refractivity (Wildman–Crippen MR) is 74.1 cm³/mol. The summed E-state index contributed by atoms with van der Waals surface area (Å²) in [5.74, 6) is 1.40. The third kappa shape index (κ3) is 2.42. The van der Waals surface area contributed by atoms with E-state index in [1.165, 1.54) is 19.3 Å². The van der Waals surface area contributed by atoms with Gasteiger partial charge in [0.25, 0.3) is 0 Å². The molecule has 2 aliphatic rings. The quantitative estimate of drug-likeness (QED) is 0.834. The predicted octanol–water partition coefficient (Wildman–Crippen LogP) is 2.76. The molecule has 0 aromatic rings. The maximum absolute atomic E-state index is 12.6. The van der Waals surface area contributed by atoms with E-state index in [1.807, 2.05) is 0 Å². The Kier molecular flexibility index (Phi) is 4.31. The summed E-state index contributed by atoms with van der Waals surface area (Å²) in [5.41, 5.74) is 0. The van der Waals surface area contributed by atoms with Crippen molar-refractivity contribution in [2.75, 3.05) is 0 Å². The third-order valence-electron chi connectivity index (χ3n) is 4.63. The summed E-state index contributed by atoms with van der Waals surface area (Å²) in [6, 6.07) is 0.514. The van der Waals surface area contributed by atoms with Crippen LogP contribution in [0.4, 0.5) is 0 Å². The van der Waals surface area contributed by atoms with Crippen LogP contribution in [0.2, 0.25) is 0 Å². The molecule has 4 atom stereocenters. The van der Waals surface area contributed by atoms with Crippen molar-refractivity contribution in [1.82, 2.24) is 10.2 Å². The van der Waals surface area contributed by atoms with E-state index in [2.05, 4.69) is 37.9 Å². The highest BCUT2D eigenvalue weighted by Crippen LogP contribution is 2.34. The van der Waals surface area contributed by atoms with Gasteiger partial charge in [0, 0.05) is 6.04 Å². The van der Waals surface area contributed by atoms with Crippen LogP contribution in [0.25, 0.3) is 0 Å². The molecule has 1 aliphatic heterocycles. The molecule has 0 spiro atoms. The fourth-order valence-electron chi connectivity index (χ4n) is 3.58. The molecule has 1 heterocycles. The molecule has 0 radical (unpaired) electrons. The number of nitrogens with one attached hydrogen (secondary N) is 1. The van der Waals surface area contributed by atoms with Crippen LogP contribution >= 0.6 is 0 Å². The second kappa shape index (κ2) is 5.60. The van der Waals surface area contributed by atoms with Gasteiger partial charge in [-0.05, 0) is 31.1 Å². The highest BCUT2D eigenvalue weighted by molar-refractivity contribution is 5.85. The molecule has 0 aromatic carbocycles. The van der Waals surface area contributed by atoms with Crippen molar-refractivity contribution in [2.24, 2.45) is 11.8 Å². The number of carbonyl (C=O) groups is 1. The Morgan fingerprint density at radius 1 is 1.39 bits per heavy atom. The first-order chi connectivity index (χ1) is 8.56. The molecule has 2 fully saturated rings. The molecule has 1 amide bonds. The molecule has 4 unspecified atom stereocenters. The number of rotatable bonds is 4. The minimum absolute atomic E-state index is 0.0364. The number of hydrogen-bond donors (Lipinski definition) is 1. The minimum Gasteiger partial charge on any atom is -0.323 e. The van der Waals surface area contributed by atoms with Crippen LogP contribution in [0.15, 0.2) is 0 Å². The van der Waals surface area contributed by atoms with Crippen LogP contribution in [-0.4, -0.2) is 29.1 Å². The Bertz CT molecular complexity index is 303. The standard InChI is InChI=1S/C15H28N2O/c1-5-7-13-16-14(10(2)3)15(18)17(13)12-9-6-8-11(12)4/h10-14,16H,5-9H2,1-4H3. The lowest BCUT2D eigenvalue weighted by Crippen LogP contribution is -2.45. The lowest BCUT2D eigenvalue weighted by molar-refractivity contribution is -0.133. The van der Waals surface area contributed by atoms with Gasteiger partial charge < -0.3 is 4.90 Å². The summed E-state index contributed by atoms with van der Waals surface area (Å²) in [4.78, 5) is 14.8. The first-order valence-electron chi connectivity index (χ1n) is 7.64. The molecule has 1 aliphatic carbocycles. The Morgan fingerprint density at radius 2 is 2.11 bits per heavy atom. The zero-order valence-corrected chi connectivity index (χ0v) is 12.3. The fraction of sp³-hybridized carbons (Fsp3) is 0.933. The van der Waals surface area contributed by atoms with Crippen molar-refractivity contribution in [3.8, 4) is 0 Å². The number of nitrogens with zero attached hydrogens (tertiary/aromatic N) is 1. The molecule has 3 heteroatoms. The summed E-state index contributed by atoms with van der Waals surface area (Å²) in [6.07, 6.45) is 6.24. The van der Waals surface area contributed by atoms with E-state index in [1.54, 1.807) is 0 Å². The molecule has 18 heavy (non-hydrogen) atoms. The van der Waals surface area contributed by atoms with Crippen molar-refractivity contribution in [3.05, 3.63) is 0 Å². The van der Waals surface area contributed by atoms with Crippen molar-refractivity contribution in [3.63, 3.8) is 0 Å². The molecular weight excluding hydrogens is 224 g/mol. The van der Waals surface area contributed by atoms with Gasteiger partial charge in [-0.25, -0.2) is 0 Å². The smallest absolute Gasteiger partial charge is 0.241 e. The van der Waals surface area contributed by atoms with E-state index < -0.39 is 0 Å². The average molecular weight is 252 g/mol. The van der Waals surface area contributed by atoms with E-state index in [0.717, 1.165) is 12.8 Å². The monoisotopic (exact) mass is 252 g/mol. The maximum atomic E-state index is 12.6. The normalized spacial score (nSPS) is 36.9. The second-order valence-electron chi connectivity index (χ2n) is 6.41. The van der Waals surface area contributed by atoms with Crippen LogP contribution in [0.5, 0.6) is 0 Å². The fourth-order valence-corrected chi connectivity index (χ4v) is 3.58. The molecule has 1 saturated carbocycles. The summed E-state index contributed by atoms with van der Waals surface area (Å²) >= 11 is 0. The molecule has 1 saturated heterocycles. The van der Waals surface area contributed by atoms with Crippen LogP contribution < -0.4 is 5.32 Å². The molecule has 104 valence electrons. The van der Waals surface area contributed by atoms with Gasteiger partial charge in [0.1, 0.15) is 0 Å². The van der Waals surface area contributed by atoms with E-state index in [9.17, 15) is 4.79 Å². The van der Waals surface area contributed by atoms with Gasteiger partial charge in [-0.3, -0.25) is 10.1 Å². The van der Waals surface area contributed by atoms with E-state index >= 15 is 0 Å². The van der Waals surface area contributed by atoms with Crippen LogP contribution in [-0.2, 0) is 4.79 Å². The van der Waals surface area contributed by atoms with Gasteiger partial charge in [-0.15, -0.1) is 0 Å². The van der Waals surface area contributed by atoms with Crippen LogP contribution in [0, 0.1) is 11.8 Å². The first-order valence-corrected chi connectivity index (χ1v) is 7.64. The van der Waals surface area contributed by atoms with Crippen molar-refractivity contribution in [2.45, 2.75) is 78.0 Å². The Labute approximate surface area is 111 Å². The summed E-state index contributed by atoms with van der Waals surface area (Å²) < 4.78 is 0. The number of hydrogen-bond acceptors (Lipinski definition) is 2. The Hall–Kier alpha value is -0.570. The van der Waals surface area contributed by atoms with Gasteiger partial charge in [-0.1, -0.05) is 40.5 Å². The maximum Gasteiger partial charge on any atom is 0.241 e. The number of carbonyl (C=O) groups excluding carboxylic acids is 1. The SMILES string of the molecule is CCCC1NC(C(C)C)C(=O)N1C1CCCC1C. The summed E-state index contributed by atoms with van der Waals surface area (Å²) in [7, 11) is 0. The van der Waals surface area contributed by atoms with Gasteiger partial charge in [0.15, 0.2) is 0 Å². The van der Waals surface area contributed by atoms with Gasteiger partial charge in [0.2, 0.25) is 5.91 Å². The zero-order chi connectivity index (χ0) is 13.3. The lowest BCUT2D eigenvalue weighted by atomic mass is 10.0. The van der Waals surface area contributed by atoms with Gasteiger partial charge in [-0.2, -0.15) is 0 Å². The first kappa shape index (κ1) is 13.9. The molecular formula is C15H28N2O. The number of amides is 1. The molecule has 3 nitrogen and oxygen atoms in total. The van der Waals surface area contributed by atoms with E-state index in [0.29, 0.717) is 23.8 Å². The van der Waals surface area contributed by atoms with Crippen LogP contribution in [0.1, 0.15) is 59.8 Å². The molecule has 0 bridgehead atoms. The molecule has 0 aromatic heterocycles. The van der Waals surface area contributed by atoms with Crippen molar-refractivity contribution in [1.29, 1.82) is 0 Å². The Balaban J connectivity index is 2.16. The van der Waals surface area contributed by atoms with Gasteiger partial charge >= 0.3 is 0 Å². The average Bonchev–Trinajstić information content (AvgIpc) is 2.84. The summed E-state index contributed by atoms with van der Waals surface area (Å²) in [5, 5.41) is 3.56. The molecule has 1 N–H and O–H groups in total. The van der Waals surface area contributed by atoms with E-state index in [-0.39, 0.29) is 12.2 Å². The topological polar surface area (TPSA) is 32.3 Å².